The first-order valence-electron chi connectivity index (χ1n) is 7.15. The van der Waals surface area contributed by atoms with Crippen LogP contribution in [-0.2, 0) is 4.79 Å². The lowest BCUT2D eigenvalue weighted by molar-refractivity contribution is -0.135. The molecule has 1 atom stereocenters. The van der Waals surface area contributed by atoms with Gasteiger partial charge in [0, 0.05) is 10.4 Å². The van der Waals surface area contributed by atoms with Gasteiger partial charge in [-0.25, -0.2) is 4.79 Å². The number of fused-ring (bicyclic) bond motifs is 3. The minimum atomic E-state index is -0.462. The summed E-state index contributed by atoms with van der Waals surface area (Å²) in [6.45, 7) is 0. The van der Waals surface area contributed by atoms with Gasteiger partial charge in [0.2, 0.25) is 0 Å². The fraction of sp³-hybridized carbons (Fsp3) is 0.111. The zero-order valence-corrected chi connectivity index (χ0v) is 13.5. The first kappa shape index (κ1) is 14.2. The minimum absolute atomic E-state index is 0.118. The molecule has 2 heterocycles. The van der Waals surface area contributed by atoms with Crippen molar-refractivity contribution in [3.63, 3.8) is 0 Å². The summed E-state index contributed by atoms with van der Waals surface area (Å²) < 4.78 is 11.7. The van der Waals surface area contributed by atoms with Crippen LogP contribution in [0, 0.1) is 0 Å². The first-order chi connectivity index (χ1) is 11.1. The zero-order chi connectivity index (χ0) is 16.0. The summed E-state index contributed by atoms with van der Waals surface area (Å²) in [4.78, 5) is 24.6. The van der Waals surface area contributed by atoms with Crippen molar-refractivity contribution in [2.75, 3.05) is 0 Å². The van der Waals surface area contributed by atoms with Crippen molar-refractivity contribution < 1.29 is 13.9 Å². The molecule has 0 radical (unpaired) electrons. The summed E-state index contributed by atoms with van der Waals surface area (Å²) in [5.74, 6) is -0.402. The largest absolute Gasteiger partial charge is 0.425 e. The Balaban J connectivity index is 2.02. The molecule has 1 aliphatic rings. The number of rotatable bonds is 1. The standard InChI is InChI=1S/C18H11BrO4/c19-11-5-3-4-10(8-11)13-9-15(20)23-17-12-6-1-2-7-14(12)22-18(21)16(13)17/h1-8,13H,9H2/t13-/m1/s1. The Morgan fingerprint density at radius 1 is 1.04 bits per heavy atom. The van der Waals surface area contributed by atoms with E-state index < -0.39 is 5.63 Å². The van der Waals surface area contributed by atoms with Crippen LogP contribution in [0.5, 0.6) is 5.75 Å². The molecule has 0 bridgehead atoms. The molecular formula is C18H11BrO4. The van der Waals surface area contributed by atoms with E-state index in [1.807, 2.05) is 30.3 Å². The third-order valence-electron chi connectivity index (χ3n) is 3.99. The lowest BCUT2D eigenvalue weighted by Gasteiger charge is -2.24. The van der Waals surface area contributed by atoms with Crippen LogP contribution in [0.15, 0.2) is 62.2 Å². The van der Waals surface area contributed by atoms with Crippen LogP contribution in [0.1, 0.15) is 23.5 Å². The molecule has 4 rings (SSSR count). The third-order valence-corrected chi connectivity index (χ3v) is 4.48. The van der Waals surface area contributed by atoms with Gasteiger partial charge in [-0.2, -0.15) is 0 Å². The summed E-state index contributed by atoms with van der Waals surface area (Å²) >= 11 is 3.42. The number of ether oxygens (including phenoxy) is 1. The number of carbonyl (C=O) groups is 1. The summed E-state index contributed by atoms with van der Waals surface area (Å²) in [6, 6.07) is 14.6. The molecule has 114 valence electrons. The van der Waals surface area contributed by atoms with Crippen LogP contribution in [0.3, 0.4) is 0 Å². The molecule has 4 nitrogen and oxygen atoms in total. The molecule has 1 aliphatic heterocycles. The van der Waals surface area contributed by atoms with Crippen LogP contribution in [0.2, 0.25) is 0 Å². The number of esters is 1. The van der Waals surface area contributed by atoms with Gasteiger partial charge in [0.1, 0.15) is 5.58 Å². The van der Waals surface area contributed by atoms with Crippen LogP contribution in [0.25, 0.3) is 11.0 Å². The molecule has 0 amide bonds. The van der Waals surface area contributed by atoms with Crippen molar-refractivity contribution >= 4 is 32.9 Å². The average Bonchev–Trinajstić information content (AvgIpc) is 2.54. The van der Waals surface area contributed by atoms with Gasteiger partial charge in [-0.3, -0.25) is 4.79 Å². The molecule has 0 saturated heterocycles. The van der Waals surface area contributed by atoms with E-state index in [4.69, 9.17) is 9.15 Å². The van der Waals surface area contributed by atoms with E-state index in [1.165, 1.54) is 0 Å². The van der Waals surface area contributed by atoms with Crippen molar-refractivity contribution in [2.45, 2.75) is 12.3 Å². The van der Waals surface area contributed by atoms with Crippen LogP contribution in [0.4, 0.5) is 0 Å². The molecular weight excluding hydrogens is 360 g/mol. The summed E-state index contributed by atoms with van der Waals surface area (Å²) in [5.41, 5.74) is 1.23. The highest BCUT2D eigenvalue weighted by atomic mass is 79.9. The van der Waals surface area contributed by atoms with E-state index in [2.05, 4.69) is 15.9 Å². The molecule has 5 heteroatoms. The zero-order valence-electron chi connectivity index (χ0n) is 11.9. The van der Waals surface area contributed by atoms with E-state index in [-0.39, 0.29) is 18.3 Å². The number of benzene rings is 2. The number of halogens is 1. The Bertz CT molecular complexity index is 990. The number of para-hydroxylation sites is 1. The molecule has 23 heavy (non-hydrogen) atoms. The van der Waals surface area contributed by atoms with E-state index in [1.54, 1.807) is 18.2 Å². The van der Waals surface area contributed by atoms with Crippen LogP contribution in [-0.4, -0.2) is 5.97 Å². The molecule has 0 N–H and O–H groups in total. The highest BCUT2D eigenvalue weighted by Gasteiger charge is 2.33. The topological polar surface area (TPSA) is 56.5 Å². The van der Waals surface area contributed by atoms with Gasteiger partial charge in [-0.1, -0.05) is 40.2 Å². The van der Waals surface area contributed by atoms with Gasteiger partial charge in [-0.05, 0) is 29.8 Å². The fourth-order valence-electron chi connectivity index (χ4n) is 2.98. The molecule has 0 aliphatic carbocycles. The quantitative estimate of drug-likeness (QED) is 0.479. The molecule has 0 fully saturated rings. The maximum Gasteiger partial charge on any atom is 0.343 e. The van der Waals surface area contributed by atoms with Crippen LogP contribution >= 0.6 is 15.9 Å². The molecule has 1 aromatic heterocycles. The Morgan fingerprint density at radius 2 is 1.87 bits per heavy atom. The highest BCUT2D eigenvalue weighted by Crippen LogP contribution is 2.40. The third kappa shape index (κ3) is 2.37. The van der Waals surface area contributed by atoms with Crippen molar-refractivity contribution in [1.82, 2.24) is 0 Å². The van der Waals surface area contributed by atoms with Crippen LogP contribution < -0.4 is 10.4 Å². The number of hydrogen-bond donors (Lipinski definition) is 0. The van der Waals surface area contributed by atoms with Gasteiger partial charge in [-0.15, -0.1) is 0 Å². The van der Waals surface area contributed by atoms with Crippen molar-refractivity contribution in [2.24, 2.45) is 0 Å². The Hall–Kier alpha value is -2.40. The molecule has 0 saturated carbocycles. The number of carbonyl (C=O) groups excluding carboxylic acids is 1. The average molecular weight is 371 g/mol. The van der Waals surface area contributed by atoms with Gasteiger partial charge in [0.25, 0.3) is 0 Å². The monoisotopic (exact) mass is 370 g/mol. The van der Waals surface area contributed by atoms with E-state index in [0.29, 0.717) is 22.3 Å². The van der Waals surface area contributed by atoms with E-state index in [9.17, 15) is 9.59 Å². The van der Waals surface area contributed by atoms with Gasteiger partial charge in [0.15, 0.2) is 5.75 Å². The maximum atomic E-state index is 12.5. The van der Waals surface area contributed by atoms with Gasteiger partial charge >= 0.3 is 11.6 Å². The summed E-state index contributed by atoms with van der Waals surface area (Å²) in [7, 11) is 0. The second kappa shape index (κ2) is 5.35. The lowest BCUT2D eigenvalue weighted by atomic mass is 9.87. The van der Waals surface area contributed by atoms with Gasteiger partial charge < -0.3 is 9.15 Å². The maximum absolute atomic E-state index is 12.5. The predicted octanol–water partition coefficient (Wildman–Crippen LogP) is 4.00. The fourth-order valence-corrected chi connectivity index (χ4v) is 3.40. The van der Waals surface area contributed by atoms with E-state index in [0.717, 1.165) is 10.0 Å². The molecule has 2 aromatic carbocycles. The second-order valence-corrected chi connectivity index (χ2v) is 6.33. The first-order valence-corrected chi connectivity index (χ1v) is 7.94. The van der Waals surface area contributed by atoms with Crippen molar-refractivity contribution in [1.29, 1.82) is 0 Å². The summed E-state index contributed by atoms with van der Waals surface area (Å²) in [5, 5.41) is 0.634. The van der Waals surface area contributed by atoms with Crippen molar-refractivity contribution in [3.05, 3.63) is 74.6 Å². The van der Waals surface area contributed by atoms with Gasteiger partial charge in [0.05, 0.1) is 17.4 Å². The normalized spacial score (nSPS) is 16.9. The molecule has 3 aromatic rings. The number of hydrogen-bond acceptors (Lipinski definition) is 4. The Morgan fingerprint density at radius 3 is 2.70 bits per heavy atom. The molecule has 0 unspecified atom stereocenters. The SMILES string of the molecule is O=C1C[C@H](c2cccc(Br)c2)c2c(c3ccccc3oc2=O)O1. The molecule has 0 spiro atoms. The summed E-state index contributed by atoms with van der Waals surface area (Å²) in [6.07, 6.45) is 0.118. The predicted molar refractivity (Wildman–Crippen MR) is 88.7 cm³/mol. The minimum Gasteiger partial charge on any atom is -0.425 e. The Labute approximate surface area is 139 Å². The highest BCUT2D eigenvalue weighted by molar-refractivity contribution is 9.10. The smallest absolute Gasteiger partial charge is 0.343 e. The Kier molecular flexibility index (Phi) is 3.31. The van der Waals surface area contributed by atoms with Crippen molar-refractivity contribution in [3.8, 4) is 5.75 Å². The second-order valence-electron chi connectivity index (χ2n) is 5.41. The lowest BCUT2D eigenvalue weighted by Crippen LogP contribution is -2.26. The van der Waals surface area contributed by atoms with E-state index >= 15 is 0 Å².